The van der Waals surface area contributed by atoms with E-state index >= 15 is 0 Å². The molecule has 2 rings (SSSR count). The highest BCUT2D eigenvalue weighted by Gasteiger charge is 2.12. The minimum absolute atomic E-state index is 0.344. The summed E-state index contributed by atoms with van der Waals surface area (Å²) in [4.78, 5) is 4.39. The first-order valence-corrected chi connectivity index (χ1v) is 6.54. The van der Waals surface area contributed by atoms with Gasteiger partial charge in [0.15, 0.2) is 0 Å². The third-order valence-corrected chi connectivity index (χ3v) is 2.96. The van der Waals surface area contributed by atoms with Crippen LogP contribution in [0.15, 0.2) is 42.6 Å². The Labute approximate surface area is 114 Å². The summed E-state index contributed by atoms with van der Waals surface area (Å²) in [5, 5.41) is 13.6. The lowest BCUT2D eigenvalue weighted by atomic mass is 10.0. The Bertz CT molecular complexity index is 538. The van der Waals surface area contributed by atoms with Gasteiger partial charge in [0.2, 0.25) is 0 Å². The number of pyridine rings is 1. The van der Waals surface area contributed by atoms with E-state index in [1.165, 1.54) is 0 Å². The van der Waals surface area contributed by atoms with Gasteiger partial charge in [-0.2, -0.15) is 0 Å². The molecule has 0 bridgehead atoms. The lowest BCUT2D eigenvalue weighted by molar-refractivity contribution is 0.220. The van der Waals surface area contributed by atoms with E-state index in [-0.39, 0.29) is 0 Å². The van der Waals surface area contributed by atoms with E-state index in [9.17, 15) is 5.11 Å². The average Bonchev–Trinajstić information content (AvgIpc) is 2.41. The summed E-state index contributed by atoms with van der Waals surface area (Å²) in [6, 6.07) is 11.9. The van der Waals surface area contributed by atoms with E-state index in [2.05, 4.69) is 24.1 Å². The van der Waals surface area contributed by atoms with Crippen LogP contribution in [0.2, 0.25) is 0 Å². The minimum atomic E-state index is -0.625. The van der Waals surface area contributed by atoms with Crippen molar-refractivity contribution < 1.29 is 5.11 Å². The van der Waals surface area contributed by atoms with Gasteiger partial charge in [-0.05, 0) is 38.0 Å². The summed E-state index contributed by atoms with van der Waals surface area (Å²) in [6.07, 6.45) is 1.11. The van der Waals surface area contributed by atoms with E-state index < -0.39 is 6.10 Å². The molecule has 1 unspecified atom stereocenters. The molecule has 0 radical (unpaired) electrons. The number of hydrogen-bond acceptors (Lipinski definition) is 3. The van der Waals surface area contributed by atoms with E-state index in [0.29, 0.717) is 6.04 Å². The van der Waals surface area contributed by atoms with Gasteiger partial charge in [0.25, 0.3) is 0 Å². The zero-order valence-corrected chi connectivity index (χ0v) is 11.6. The fraction of sp³-hybridized carbons (Fsp3) is 0.312. The quantitative estimate of drug-likeness (QED) is 0.882. The smallest absolute Gasteiger partial charge is 0.129 e. The molecule has 0 saturated heterocycles. The van der Waals surface area contributed by atoms with Gasteiger partial charge in [0, 0.05) is 17.8 Å². The van der Waals surface area contributed by atoms with Crippen molar-refractivity contribution in [2.75, 3.05) is 5.32 Å². The maximum absolute atomic E-state index is 10.3. The SMILES string of the molecule is Cc1cc(C(O)c2ccccc2)cnc1NC(C)C. The van der Waals surface area contributed by atoms with Crippen molar-refractivity contribution in [2.24, 2.45) is 0 Å². The van der Waals surface area contributed by atoms with Crippen molar-refractivity contribution in [1.29, 1.82) is 0 Å². The van der Waals surface area contributed by atoms with Crippen LogP contribution in [0.4, 0.5) is 5.82 Å². The zero-order chi connectivity index (χ0) is 13.8. The molecular weight excluding hydrogens is 236 g/mol. The van der Waals surface area contributed by atoms with E-state index in [4.69, 9.17) is 0 Å². The van der Waals surface area contributed by atoms with Crippen LogP contribution in [0.3, 0.4) is 0 Å². The highest BCUT2D eigenvalue weighted by atomic mass is 16.3. The third-order valence-electron chi connectivity index (χ3n) is 2.96. The van der Waals surface area contributed by atoms with Crippen LogP contribution in [-0.4, -0.2) is 16.1 Å². The monoisotopic (exact) mass is 256 g/mol. The Balaban J connectivity index is 2.25. The van der Waals surface area contributed by atoms with Gasteiger partial charge in [0.1, 0.15) is 11.9 Å². The van der Waals surface area contributed by atoms with Gasteiger partial charge < -0.3 is 10.4 Å². The van der Waals surface area contributed by atoms with Gasteiger partial charge in [0.05, 0.1) is 0 Å². The Morgan fingerprint density at radius 1 is 1.11 bits per heavy atom. The standard InChI is InChI=1S/C16H20N2O/c1-11(2)18-16-12(3)9-14(10-17-16)15(19)13-7-5-4-6-8-13/h4-11,15,19H,1-3H3,(H,17,18). The summed E-state index contributed by atoms with van der Waals surface area (Å²) in [5.74, 6) is 0.874. The first kappa shape index (κ1) is 13.6. The number of nitrogens with zero attached hydrogens (tertiary/aromatic N) is 1. The largest absolute Gasteiger partial charge is 0.384 e. The molecule has 1 aromatic heterocycles. The fourth-order valence-electron chi connectivity index (χ4n) is 2.00. The van der Waals surface area contributed by atoms with Crippen LogP contribution < -0.4 is 5.32 Å². The molecule has 19 heavy (non-hydrogen) atoms. The summed E-state index contributed by atoms with van der Waals surface area (Å²) in [7, 11) is 0. The Kier molecular flexibility index (Phi) is 4.17. The molecule has 0 saturated carbocycles. The number of aryl methyl sites for hydroxylation is 1. The van der Waals surface area contributed by atoms with Crippen molar-refractivity contribution in [2.45, 2.75) is 32.9 Å². The van der Waals surface area contributed by atoms with Gasteiger partial charge in [-0.25, -0.2) is 4.98 Å². The average molecular weight is 256 g/mol. The first-order valence-electron chi connectivity index (χ1n) is 6.54. The number of nitrogens with one attached hydrogen (secondary N) is 1. The molecule has 3 nitrogen and oxygen atoms in total. The van der Waals surface area contributed by atoms with Gasteiger partial charge in [-0.1, -0.05) is 30.3 Å². The van der Waals surface area contributed by atoms with E-state index in [1.807, 2.05) is 43.3 Å². The van der Waals surface area contributed by atoms with Crippen LogP contribution in [0, 0.1) is 6.92 Å². The Morgan fingerprint density at radius 2 is 1.79 bits per heavy atom. The highest BCUT2D eigenvalue weighted by molar-refractivity contribution is 5.46. The summed E-state index contributed by atoms with van der Waals surface area (Å²) in [6.45, 7) is 6.15. The Morgan fingerprint density at radius 3 is 2.37 bits per heavy atom. The molecule has 1 heterocycles. The lowest BCUT2D eigenvalue weighted by Gasteiger charge is -2.15. The van der Waals surface area contributed by atoms with Crippen LogP contribution in [0.1, 0.15) is 36.6 Å². The van der Waals surface area contributed by atoms with Gasteiger partial charge in [-0.3, -0.25) is 0 Å². The van der Waals surface area contributed by atoms with Gasteiger partial charge in [-0.15, -0.1) is 0 Å². The first-order chi connectivity index (χ1) is 9.08. The number of aliphatic hydroxyl groups is 1. The van der Waals surface area contributed by atoms with Crippen molar-refractivity contribution in [3.63, 3.8) is 0 Å². The van der Waals surface area contributed by atoms with Crippen LogP contribution in [0.25, 0.3) is 0 Å². The molecule has 2 aromatic rings. The van der Waals surface area contributed by atoms with E-state index in [1.54, 1.807) is 6.20 Å². The normalized spacial score (nSPS) is 12.5. The van der Waals surface area contributed by atoms with Crippen molar-refractivity contribution in [1.82, 2.24) is 4.98 Å². The second-order valence-electron chi connectivity index (χ2n) is 5.05. The topological polar surface area (TPSA) is 45.2 Å². The molecule has 100 valence electrons. The van der Waals surface area contributed by atoms with Crippen molar-refractivity contribution in [3.8, 4) is 0 Å². The molecule has 0 fully saturated rings. The number of anilines is 1. The molecule has 1 aromatic carbocycles. The maximum Gasteiger partial charge on any atom is 0.129 e. The molecule has 0 spiro atoms. The minimum Gasteiger partial charge on any atom is -0.384 e. The lowest BCUT2D eigenvalue weighted by Crippen LogP contribution is -2.12. The second kappa shape index (κ2) is 5.85. The summed E-state index contributed by atoms with van der Waals surface area (Å²) >= 11 is 0. The van der Waals surface area contributed by atoms with Crippen LogP contribution in [-0.2, 0) is 0 Å². The number of benzene rings is 1. The van der Waals surface area contributed by atoms with Crippen molar-refractivity contribution in [3.05, 3.63) is 59.3 Å². The van der Waals surface area contributed by atoms with Crippen LogP contribution in [0.5, 0.6) is 0 Å². The predicted molar refractivity (Wildman–Crippen MR) is 78.2 cm³/mol. The molecule has 0 amide bonds. The third kappa shape index (κ3) is 3.32. The zero-order valence-electron chi connectivity index (χ0n) is 11.6. The molecule has 3 heteroatoms. The number of hydrogen-bond donors (Lipinski definition) is 2. The van der Waals surface area contributed by atoms with Crippen molar-refractivity contribution >= 4 is 5.82 Å². The van der Waals surface area contributed by atoms with Crippen LogP contribution >= 0.6 is 0 Å². The number of aliphatic hydroxyl groups excluding tert-OH is 1. The number of rotatable bonds is 4. The molecular formula is C16H20N2O. The number of aromatic nitrogens is 1. The molecule has 0 aliphatic rings. The summed E-state index contributed by atoms with van der Waals surface area (Å²) < 4.78 is 0. The Hall–Kier alpha value is -1.87. The predicted octanol–water partition coefficient (Wildman–Crippen LogP) is 3.29. The fourth-order valence-corrected chi connectivity index (χ4v) is 2.00. The molecule has 1 atom stereocenters. The molecule has 2 N–H and O–H groups in total. The molecule has 0 aliphatic heterocycles. The molecule has 0 aliphatic carbocycles. The van der Waals surface area contributed by atoms with Gasteiger partial charge >= 0.3 is 0 Å². The van der Waals surface area contributed by atoms with E-state index in [0.717, 1.165) is 22.5 Å². The maximum atomic E-state index is 10.3. The second-order valence-corrected chi connectivity index (χ2v) is 5.05. The summed E-state index contributed by atoms with van der Waals surface area (Å²) in [5.41, 5.74) is 2.74. The highest BCUT2D eigenvalue weighted by Crippen LogP contribution is 2.24.